The lowest BCUT2D eigenvalue weighted by Gasteiger charge is -2.37. The predicted molar refractivity (Wildman–Crippen MR) is 93.7 cm³/mol. The van der Waals surface area contributed by atoms with Crippen molar-refractivity contribution in [3.8, 4) is 0 Å². The molecule has 1 saturated heterocycles. The van der Waals surface area contributed by atoms with E-state index < -0.39 is 0 Å². The maximum Gasteiger partial charge on any atom is 0.237 e. The van der Waals surface area contributed by atoms with Gasteiger partial charge in [0.2, 0.25) is 5.91 Å². The van der Waals surface area contributed by atoms with E-state index in [1.165, 1.54) is 5.56 Å². The van der Waals surface area contributed by atoms with Gasteiger partial charge in [0.15, 0.2) is 0 Å². The fraction of sp³-hybridized carbons (Fsp3) is 0.588. The van der Waals surface area contributed by atoms with Crippen molar-refractivity contribution in [3.05, 3.63) is 34.3 Å². The van der Waals surface area contributed by atoms with E-state index in [-0.39, 0.29) is 18.0 Å². The molecule has 0 aromatic heterocycles. The van der Waals surface area contributed by atoms with Crippen molar-refractivity contribution in [2.24, 2.45) is 0 Å². The van der Waals surface area contributed by atoms with Crippen molar-refractivity contribution in [2.45, 2.75) is 39.4 Å². The minimum Gasteiger partial charge on any atom is -0.353 e. The second-order valence-electron chi connectivity index (χ2n) is 6.28. The second-order valence-corrected chi connectivity index (χ2v) is 7.20. The van der Waals surface area contributed by atoms with Gasteiger partial charge in [0.05, 0.1) is 6.04 Å². The molecule has 0 saturated carbocycles. The van der Waals surface area contributed by atoms with Gasteiger partial charge in [-0.3, -0.25) is 14.6 Å². The van der Waals surface area contributed by atoms with E-state index in [0.717, 1.165) is 37.2 Å². The van der Waals surface area contributed by atoms with Crippen LogP contribution in [0.5, 0.6) is 0 Å². The lowest BCUT2D eigenvalue weighted by atomic mass is 10.1. The lowest BCUT2D eigenvalue weighted by molar-refractivity contribution is -0.127. The molecule has 1 heterocycles. The summed E-state index contributed by atoms with van der Waals surface area (Å²) in [7, 11) is 0. The van der Waals surface area contributed by atoms with Crippen molar-refractivity contribution in [1.29, 1.82) is 0 Å². The topological polar surface area (TPSA) is 35.6 Å². The van der Waals surface area contributed by atoms with Crippen LogP contribution in [0.1, 0.15) is 26.3 Å². The smallest absolute Gasteiger partial charge is 0.237 e. The predicted octanol–water partition coefficient (Wildman–Crippen LogP) is 2.48. The van der Waals surface area contributed by atoms with Crippen LogP contribution < -0.4 is 5.32 Å². The Kier molecular flexibility index (Phi) is 6.41. The minimum absolute atomic E-state index is 0.0459. The maximum absolute atomic E-state index is 12.1. The van der Waals surface area contributed by atoms with Gasteiger partial charge in [-0.25, -0.2) is 0 Å². The standard InChI is InChI=1S/C17H26BrN3O/c1-13(2)19-17(22)14(3)21-9-7-20(8-10-21)12-15-5-4-6-16(18)11-15/h4-6,11,13-14H,7-10,12H2,1-3H3,(H,19,22). The average molecular weight is 368 g/mol. The third-order valence-electron chi connectivity index (χ3n) is 4.06. The van der Waals surface area contributed by atoms with Crippen molar-refractivity contribution in [2.75, 3.05) is 26.2 Å². The molecule has 0 spiro atoms. The van der Waals surface area contributed by atoms with E-state index in [2.05, 4.69) is 55.3 Å². The SMILES string of the molecule is CC(C)NC(=O)C(C)N1CCN(Cc2cccc(Br)c2)CC1. The van der Waals surface area contributed by atoms with Gasteiger partial charge in [-0.05, 0) is 38.5 Å². The third kappa shape index (κ3) is 5.07. The zero-order valence-electron chi connectivity index (χ0n) is 13.7. The van der Waals surface area contributed by atoms with Crippen molar-refractivity contribution < 1.29 is 4.79 Å². The Morgan fingerprint density at radius 1 is 1.23 bits per heavy atom. The van der Waals surface area contributed by atoms with Gasteiger partial charge in [0, 0.05) is 43.2 Å². The fourth-order valence-corrected chi connectivity index (χ4v) is 3.22. The van der Waals surface area contributed by atoms with Gasteiger partial charge in [-0.1, -0.05) is 28.1 Å². The fourth-order valence-electron chi connectivity index (χ4n) is 2.77. The van der Waals surface area contributed by atoms with Crippen LogP contribution in [-0.4, -0.2) is 54.0 Å². The number of nitrogens with zero attached hydrogens (tertiary/aromatic N) is 2. The van der Waals surface area contributed by atoms with Crippen molar-refractivity contribution in [3.63, 3.8) is 0 Å². The Morgan fingerprint density at radius 3 is 2.50 bits per heavy atom. The first-order chi connectivity index (χ1) is 10.5. The zero-order chi connectivity index (χ0) is 16.1. The molecule has 0 bridgehead atoms. The lowest BCUT2D eigenvalue weighted by Crippen LogP contribution is -2.54. The molecule has 1 atom stereocenters. The van der Waals surface area contributed by atoms with Crippen LogP contribution in [0, 0.1) is 0 Å². The third-order valence-corrected chi connectivity index (χ3v) is 4.55. The van der Waals surface area contributed by atoms with Crippen LogP contribution in [0.3, 0.4) is 0 Å². The summed E-state index contributed by atoms with van der Waals surface area (Å²) in [6.07, 6.45) is 0. The zero-order valence-corrected chi connectivity index (χ0v) is 15.3. The molecule has 122 valence electrons. The number of halogens is 1. The summed E-state index contributed by atoms with van der Waals surface area (Å²) < 4.78 is 1.13. The summed E-state index contributed by atoms with van der Waals surface area (Å²) in [4.78, 5) is 16.8. The Hall–Kier alpha value is -0.910. The van der Waals surface area contributed by atoms with Crippen molar-refractivity contribution in [1.82, 2.24) is 15.1 Å². The van der Waals surface area contributed by atoms with E-state index in [0.29, 0.717) is 0 Å². The molecule has 1 aromatic carbocycles. The summed E-state index contributed by atoms with van der Waals surface area (Å²) in [6, 6.07) is 8.62. The molecule has 1 aliphatic heterocycles. The highest BCUT2D eigenvalue weighted by molar-refractivity contribution is 9.10. The number of carbonyl (C=O) groups is 1. The average Bonchev–Trinajstić information content (AvgIpc) is 2.46. The molecule has 1 amide bonds. The van der Waals surface area contributed by atoms with E-state index >= 15 is 0 Å². The molecular formula is C17H26BrN3O. The summed E-state index contributed by atoms with van der Waals surface area (Å²) >= 11 is 3.52. The summed E-state index contributed by atoms with van der Waals surface area (Å²) in [5, 5.41) is 3.00. The summed E-state index contributed by atoms with van der Waals surface area (Å²) in [6.45, 7) is 10.9. The van der Waals surface area contributed by atoms with Crippen LogP contribution in [0.4, 0.5) is 0 Å². The monoisotopic (exact) mass is 367 g/mol. The first kappa shape index (κ1) is 17.4. The molecule has 0 aliphatic carbocycles. The highest BCUT2D eigenvalue weighted by Crippen LogP contribution is 2.15. The molecule has 1 aliphatic rings. The molecule has 5 heteroatoms. The van der Waals surface area contributed by atoms with E-state index in [1.54, 1.807) is 0 Å². The van der Waals surface area contributed by atoms with Gasteiger partial charge in [0.1, 0.15) is 0 Å². The highest BCUT2D eigenvalue weighted by Gasteiger charge is 2.25. The molecule has 22 heavy (non-hydrogen) atoms. The Morgan fingerprint density at radius 2 is 1.91 bits per heavy atom. The van der Waals surface area contributed by atoms with Crippen LogP contribution in [0.25, 0.3) is 0 Å². The maximum atomic E-state index is 12.1. The number of hydrogen-bond donors (Lipinski definition) is 1. The van der Waals surface area contributed by atoms with E-state index in [1.807, 2.05) is 20.8 Å². The first-order valence-corrected chi connectivity index (χ1v) is 8.76. The van der Waals surface area contributed by atoms with Crippen molar-refractivity contribution >= 4 is 21.8 Å². The Bertz CT molecular complexity index is 498. The molecule has 2 rings (SSSR count). The first-order valence-electron chi connectivity index (χ1n) is 7.97. The number of piperazine rings is 1. The largest absolute Gasteiger partial charge is 0.353 e. The summed E-state index contributed by atoms with van der Waals surface area (Å²) in [5.41, 5.74) is 1.33. The molecule has 1 N–H and O–H groups in total. The van der Waals surface area contributed by atoms with Gasteiger partial charge >= 0.3 is 0 Å². The van der Waals surface area contributed by atoms with Crippen LogP contribution in [0.15, 0.2) is 28.7 Å². The molecule has 0 radical (unpaired) electrons. The summed E-state index contributed by atoms with van der Waals surface area (Å²) in [5.74, 6) is 0.135. The molecule has 1 unspecified atom stereocenters. The molecule has 1 fully saturated rings. The van der Waals surface area contributed by atoms with E-state index in [9.17, 15) is 4.79 Å². The quantitative estimate of drug-likeness (QED) is 0.868. The molecular weight excluding hydrogens is 342 g/mol. The second kappa shape index (κ2) is 8.09. The van der Waals surface area contributed by atoms with Gasteiger partial charge in [-0.2, -0.15) is 0 Å². The van der Waals surface area contributed by atoms with Gasteiger partial charge in [-0.15, -0.1) is 0 Å². The van der Waals surface area contributed by atoms with Crippen LogP contribution in [-0.2, 0) is 11.3 Å². The number of rotatable bonds is 5. The number of amides is 1. The number of benzene rings is 1. The molecule has 1 aromatic rings. The van der Waals surface area contributed by atoms with Crippen LogP contribution >= 0.6 is 15.9 Å². The minimum atomic E-state index is -0.0459. The normalized spacial score (nSPS) is 18.4. The van der Waals surface area contributed by atoms with E-state index in [4.69, 9.17) is 0 Å². The highest BCUT2D eigenvalue weighted by atomic mass is 79.9. The number of nitrogens with one attached hydrogen (secondary N) is 1. The van der Waals surface area contributed by atoms with Crippen LogP contribution in [0.2, 0.25) is 0 Å². The van der Waals surface area contributed by atoms with Gasteiger partial charge in [0.25, 0.3) is 0 Å². The number of hydrogen-bond acceptors (Lipinski definition) is 3. The number of carbonyl (C=O) groups excluding carboxylic acids is 1. The van der Waals surface area contributed by atoms with Gasteiger partial charge < -0.3 is 5.32 Å². The Balaban J connectivity index is 1.81. The Labute approximate surface area is 142 Å². The molecule has 4 nitrogen and oxygen atoms in total.